The molecule has 17 heavy (non-hydrogen) atoms. The molecule has 1 aliphatic rings. The van der Waals surface area contributed by atoms with E-state index in [0.717, 1.165) is 12.8 Å². The van der Waals surface area contributed by atoms with Crippen molar-refractivity contribution in [1.29, 1.82) is 5.26 Å². The summed E-state index contributed by atoms with van der Waals surface area (Å²) in [6.07, 6.45) is 2.01. The summed E-state index contributed by atoms with van der Waals surface area (Å²) in [6, 6.07) is 2.05. The van der Waals surface area contributed by atoms with Crippen LogP contribution in [0.3, 0.4) is 0 Å². The molecule has 0 bridgehead atoms. The van der Waals surface area contributed by atoms with Crippen LogP contribution in [-0.4, -0.2) is 43.7 Å². The van der Waals surface area contributed by atoms with E-state index in [0.29, 0.717) is 19.0 Å². The molecule has 6 heteroatoms. The second-order valence-electron chi connectivity index (χ2n) is 4.92. The van der Waals surface area contributed by atoms with Gasteiger partial charge in [0, 0.05) is 26.7 Å². The summed E-state index contributed by atoms with van der Waals surface area (Å²) in [4.78, 5) is 0. The first-order valence-electron chi connectivity index (χ1n) is 5.99. The lowest BCUT2D eigenvalue weighted by atomic mass is 10.0. The lowest BCUT2D eigenvalue weighted by Gasteiger charge is -2.33. The van der Waals surface area contributed by atoms with E-state index >= 15 is 0 Å². The lowest BCUT2D eigenvalue weighted by Crippen LogP contribution is -2.47. The van der Waals surface area contributed by atoms with Crippen LogP contribution < -0.4 is 0 Å². The Morgan fingerprint density at radius 2 is 2.24 bits per heavy atom. The van der Waals surface area contributed by atoms with Crippen molar-refractivity contribution in [3.8, 4) is 6.07 Å². The summed E-state index contributed by atoms with van der Waals surface area (Å²) >= 11 is 0. The zero-order valence-electron chi connectivity index (χ0n) is 10.8. The van der Waals surface area contributed by atoms with Gasteiger partial charge in [-0.05, 0) is 25.7 Å². The largest absolute Gasteiger partial charge is 0.281 e. The van der Waals surface area contributed by atoms with Crippen molar-refractivity contribution in [2.24, 2.45) is 11.8 Å². The average Bonchev–Trinajstić information content (AvgIpc) is 2.28. The van der Waals surface area contributed by atoms with Gasteiger partial charge in [0.25, 0.3) is 10.2 Å². The summed E-state index contributed by atoms with van der Waals surface area (Å²) in [5.74, 6) is 0.136. The van der Waals surface area contributed by atoms with Crippen molar-refractivity contribution in [3.05, 3.63) is 0 Å². The summed E-state index contributed by atoms with van der Waals surface area (Å²) in [6.45, 7) is 5.24. The zero-order chi connectivity index (χ0) is 13.1. The summed E-state index contributed by atoms with van der Waals surface area (Å²) in [5.41, 5.74) is 0. The van der Waals surface area contributed by atoms with Gasteiger partial charge in [0.1, 0.15) is 0 Å². The molecule has 0 N–H and O–H groups in total. The maximum Gasteiger partial charge on any atom is 0.281 e. The minimum absolute atomic E-state index is 0.254. The SMILES string of the molecule is CC(C#N)CN(C)S(=O)(=O)N1CCCC(C)C1. The molecule has 1 fully saturated rings. The Labute approximate surface area is 104 Å². The van der Waals surface area contributed by atoms with E-state index in [9.17, 15) is 8.42 Å². The smallest absolute Gasteiger partial charge is 0.198 e. The lowest BCUT2D eigenvalue weighted by molar-refractivity contribution is 0.261. The molecule has 1 saturated heterocycles. The molecule has 0 radical (unpaired) electrons. The first-order valence-corrected chi connectivity index (χ1v) is 7.38. The Balaban J connectivity index is 2.70. The fourth-order valence-corrected chi connectivity index (χ4v) is 3.68. The molecule has 98 valence electrons. The van der Waals surface area contributed by atoms with Crippen LogP contribution in [0.15, 0.2) is 0 Å². The topological polar surface area (TPSA) is 64.4 Å². The van der Waals surface area contributed by atoms with E-state index in [4.69, 9.17) is 5.26 Å². The van der Waals surface area contributed by atoms with Crippen LogP contribution in [0, 0.1) is 23.2 Å². The van der Waals surface area contributed by atoms with Crippen LogP contribution >= 0.6 is 0 Å². The molecular formula is C11H21N3O2S. The quantitative estimate of drug-likeness (QED) is 0.758. The number of hydrogen-bond donors (Lipinski definition) is 0. The molecule has 1 heterocycles. The predicted octanol–water partition coefficient (Wildman–Crippen LogP) is 1.05. The minimum Gasteiger partial charge on any atom is -0.198 e. The van der Waals surface area contributed by atoms with E-state index in [1.807, 2.05) is 0 Å². The molecule has 0 spiro atoms. The van der Waals surface area contributed by atoms with E-state index in [1.54, 1.807) is 14.0 Å². The second kappa shape index (κ2) is 5.80. The zero-order valence-corrected chi connectivity index (χ0v) is 11.6. The number of rotatable bonds is 4. The molecule has 0 amide bonds. The van der Waals surface area contributed by atoms with Gasteiger partial charge in [-0.2, -0.15) is 22.3 Å². The Morgan fingerprint density at radius 1 is 1.59 bits per heavy atom. The first kappa shape index (κ1) is 14.4. The molecule has 2 atom stereocenters. The molecule has 0 aliphatic carbocycles. The predicted molar refractivity (Wildman–Crippen MR) is 66.3 cm³/mol. The number of nitrogens with zero attached hydrogens (tertiary/aromatic N) is 3. The second-order valence-corrected chi connectivity index (χ2v) is 6.96. The maximum atomic E-state index is 12.2. The van der Waals surface area contributed by atoms with Crippen LogP contribution in [0.5, 0.6) is 0 Å². The Kier molecular flexibility index (Phi) is 4.92. The third-order valence-electron chi connectivity index (χ3n) is 3.09. The normalized spacial score (nSPS) is 24.5. The highest BCUT2D eigenvalue weighted by Gasteiger charge is 2.30. The number of hydrogen-bond acceptors (Lipinski definition) is 3. The highest BCUT2D eigenvalue weighted by atomic mass is 32.2. The molecule has 0 aromatic heterocycles. The Bertz CT molecular complexity index is 388. The molecule has 2 unspecified atom stereocenters. The fourth-order valence-electron chi connectivity index (χ4n) is 2.07. The van der Waals surface area contributed by atoms with Crippen LogP contribution in [0.2, 0.25) is 0 Å². The Morgan fingerprint density at radius 3 is 2.76 bits per heavy atom. The van der Waals surface area contributed by atoms with Gasteiger partial charge in [0.15, 0.2) is 0 Å². The van der Waals surface area contributed by atoms with Gasteiger partial charge in [-0.25, -0.2) is 0 Å². The van der Waals surface area contributed by atoms with Gasteiger partial charge in [0.05, 0.1) is 12.0 Å². The molecule has 0 aromatic carbocycles. The van der Waals surface area contributed by atoms with Gasteiger partial charge >= 0.3 is 0 Å². The van der Waals surface area contributed by atoms with Crippen LogP contribution in [0.25, 0.3) is 0 Å². The van der Waals surface area contributed by atoms with Gasteiger partial charge in [-0.3, -0.25) is 0 Å². The van der Waals surface area contributed by atoms with E-state index < -0.39 is 10.2 Å². The minimum atomic E-state index is -3.38. The molecule has 0 aromatic rings. The van der Waals surface area contributed by atoms with Crippen molar-refractivity contribution in [2.45, 2.75) is 26.7 Å². The Hall–Kier alpha value is -0.640. The summed E-state index contributed by atoms with van der Waals surface area (Å²) in [7, 11) is -1.84. The van der Waals surface area contributed by atoms with Crippen LogP contribution in [0.4, 0.5) is 0 Å². The number of piperidine rings is 1. The molecule has 5 nitrogen and oxygen atoms in total. The van der Waals surface area contributed by atoms with Gasteiger partial charge in [-0.1, -0.05) is 6.92 Å². The molecular weight excluding hydrogens is 238 g/mol. The van der Waals surface area contributed by atoms with Crippen molar-refractivity contribution >= 4 is 10.2 Å². The number of nitriles is 1. The van der Waals surface area contributed by atoms with Gasteiger partial charge in [0.2, 0.25) is 0 Å². The standard InChI is InChI=1S/C11H21N3O2S/c1-10-5-4-6-14(9-10)17(15,16)13(3)8-11(2)7-12/h10-11H,4-6,8-9H2,1-3H3. The highest BCUT2D eigenvalue weighted by molar-refractivity contribution is 7.86. The van der Waals surface area contributed by atoms with E-state index in [2.05, 4.69) is 13.0 Å². The van der Waals surface area contributed by atoms with Crippen molar-refractivity contribution < 1.29 is 8.42 Å². The van der Waals surface area contributed by atoms with E-state index in [-0.39, 0.29) is 12.5 Å². The van der Waals surface area contributed by atoms with Gasteiger partial charge in [-0.15, -0.1) is 0 Å². The maximum absolute atomic E-state index is 12.2. The molecule has 1 rings (SSSR count). The van der Waals surface area contributed by atoms with Crippen molar-refractivity contribution in [3.63, 3.8) is 0 Å². The van der Waals surface area contributed by atoms with Crippen LogP contribution in [-0.2, 0) is 10.2 Å². The van der Waals surface area contributed by atoms with Crippen molar-refractivity contribution in [2.75, 3.05) is 26.7 Å². The third kappa shape index (κ3) is 3.66. The summed E-state index contributed by atoms with van der Waals surface area (Å²) < 4.78 is 27.3. The van der Waals surface area contributed by atoms with Crippen LogP contribution in [0.1, 0.15) is 26.7 Å². The molecule has 1 aliphatic heterocycles. The fraction of sp³-hybridized carbons (Fsp3) is 0.909. The van der Waals surface area contributed by atoms with E-state index in [1.165, 1.54) is 8.61 Å². The first-order chi connectivity index (χ1) is 7.87. The highest BCUT2D eigenvalue weighted by Crippen LogP contribution is 2.20. The monoisotopic (exact) mass is 259 g/mol. The average molecular weight is 259 g/mol. The molecule has 0 saturated carbocycles. The van der Waals surface area contributed by atoms with Gasteiger partial charge < -0.3 is 0 Å². The summed E-state index contributed by atoms with van der Waals surface area (Å²) in [5, 5.41) is 8.72. The van der Waals surface area contributed by atoms with Crippen molar-refractivity contribution in [1.82, 2.24) is 8.61 Å². The third-order valence-corrected chi connectivity index (χ3v) is 5.01.